The number of hydrogen-bond donors (Lipinski definition) is 2. The summed E-state index contributed by atoms with van der Waals surface area (Å²) >= 11 is 1.10. The number of carbonyl (C=O) groups is 1. The number of aromatic nitrogens is 2. The van der Waals surface area contributed by atoms with Crippen LogP contribution in [0.15, 0.2) is 18.2 Å². The molecule has 0 aromatic carbocycles. The maximum Gasteiger partial charge on any atom is 0.356 e. The van der Waals surface area contributed by atoms with Crippen molar-refractivity contribution in [3.05, 3.63) is 39.6 Å². The van der Waals surface area contributed by atoms with E-state index in [9.17, 15) is 9.18 Å². The van der Waals surface area contributed by atoms with Gasteiger partial charge in [0.1, 0.15) is 0 Å². The van der Waals surface area contributed by atoms with Crippen LogP contribution in [0.4, 0.5) is 4.39 Å². The molecule has 0 saturated heterocycles. The summed E-state index contributed by atoms with van der Waals surface area (Å²) in [6.07, 6.45) is 0.865. The molecule has 0 fully saturated rings. The largest absolute Gasteiger partial charge is 0.476 e. The quantitative estimate of drug-likeness (QED) is 0.825. The molecule has 0 aliphatic carbocycles. The number of carboxylic acids is 1. The summed E-state index contributed by atoms with van der Waals surface area (Å²) in [6.45, 7) is 5.06. The molecule has 0 spiro atoms. The SMILES string of the molecule is CC[C@H](C)n1nc(C(=O)O)cc1CNCc1ccc(F)s1. The van der Waals surface area contributed by atoms with Crippen molar-refractivity contribution in [3.63, 3.8) is 0 Å². The number of aromatic carboxylic acids is 1. The fraction of sp³-hybridized carbons (Fsp3) is 0.429. The van der Waals surface area contributed by atoms with Crippen molar-refractivity contribution in [2.24, 2.45) is 0 Å². The van der Waals surface area contributed by atoms with E-state index in [4.69, 9.17) is 5.11 Å². The molecule has 0 aliphatic heterocycles. The number of nitrogens with zero attached hydrogens (tertiary/aromatic N) is 2. The molecule has 1 atom stereocenters. The Bertz CT molecular complexity index is 624. The molecule has 2 N–H and O–H groups in total. The van der Waals surface area contributed by atoms with Gasteiger partial charge in [0.05, 0.1) is 5.69 Å². The lowest BCUT2D eigenvalue weighted by Gasteiger charge is -2.13. The molecule has 5 nitrogen and oxygen atoms in total. The van der Waals surface area contributed by atoms with Crippen molar-refractivity contribution >= 4 is 17.3 Å². The molecule has 0 unspecified atom stereocenters. The minimum atomic E-state index is -1.03. The lowest BCUT2D eigenvalue weighted by Crippen LogP contribution is -2.17. The third kappa shape index (κ3) is 3.89. The normalized spacial score (nSPS) is 12.5. The summed E-state index contributed by atoms with van der Waals surface area (Å²) in [5.74, 6) is -1.03. The van der Waals surface area contributed by atoms with Gasteiger partial charge in [0, 0.05) is 24.0 Å². The molecular weight excluding hydrogens is 293 g/mol. The highest BCUT2D eigenvalue weighted by Crippen LogP contribution is 2.16. The average molecular weight is 311 g/mol. The van der Waals surface area contributed by atoms with E-state index in [1.54, 1.807) is 16.8 Å². The van der Waals surface area contributed by atoms with Gasteiger partial charge < -0.3 is 10.4 Å². The summed E-state index contributed by atoms with van der Waals surface area (Å²) in [6, 6.07) is 4.89. The summed E-state index contributed by atoms with van der Waals surface area (Å²) in [5.41, 5.74) is 0.869. The van der Waals surface area contributed by atoms with E-state index in [0.717, 1.165) is 28.3 Å². The van der Waals surface area contributed by atoms with Crippen LogP contribution in [0.1, 0.15) is 47.4 Å². The maximum absolute atomic E-state index is 12.9. The fourth-order valence-electron chi connectivity index (χ4n) is 1.98. The van der Waals surface area contributed by atoms with Crippen LogP contribution in [0, 0.1) is 5.13 Å². The molecule has 0 aliphatic rings. The van der Waals surface area contributed by atoms with Crippen LogP contribution in [0.25, 0.3) is 0 Å². The van der Waals surface area contributed by atoms with Crippen LogP contribution in [0.3, 0.4) is 0 Å². The highest BCUT2D eigenvalue weighted by atomic mass is 32.1. The van der Waals surface area contributed by atoms with Crippen molar-refractivity contribution in [1.29, 1.82) is 0 Å². The predicted molar refractivity (Wildman–Crippen MR) is 79.0 cm³/mol. The van der Waals surface area contributed by atoms with Crippen LogP contribution >= 0.6 is 11.3 Å². The number of nitrogens with one attached hydrogen (secondary N) is 1. The molecule has 21 heavy (non-hydrogen) atoms. The Balaban J connectivity index is 2.05. The Morgan fingerprint density at radius 3 is 2.86 bits per heavy atom. The van der Waals surface area contributed by atoms with E-state index in [0.29, 0.717) is 13.1 Å². The fourth-order valence-corrected chi connectivity index (χ4v) is 2.68. The van der Waals surface area contributed by atoms with E-state index in [1.165, 1.54) is 6.07 Å². The second kappa shape index (κ2) is 6.82. The molecular formula is C14H18FN3O2S. The van der Waals surface area contributed by atoms with Crippen LogP contribution in [0.5, 0.6) is 0 Å². The molecule has 0 radical (unpaired) electrons. The highest BCUT2D eigenvalue weighted by molar-refractivity contribution is 7.10. The first-order valence-electron chi connectivity index (χ1n) is 6.78. The van der Waals surface area contributed by atoms with Crippen molar-refractivity contribution < 1.29 is 14.3 Å². The lowest BCUT2D eigenvalue weighted by atomic mass is 10.2. The van der Waals surface area contributed by atoms with Crippen LogP contribution < -0.4 is 5.32 Å². The van der Waals surface area contributed by atoms with E-state index in [2.05, 4.69) is 10.4 Å². The molecule has 2 heterocycles. The van der Waals surface area contributed by atoms with Crippen molar-refractivity contribution in [2.75, 3.05) is 0 Å². The average Bonchev–Trinajstić information content (AvgIpc) is 3.05. The van der Waals surface area contributed by atoms with Crippen LogP contribution in [-0.4, -0.2) is 20.9 Å². The molecule has 7 heteroatoms. The smallest absolute Gasteiger partial charge is 0.356 e. The van der Waals surface area contributed by atoms with Gasteiger partial charge >= 0.3 is 5.97 Å². The van der Waals surface area contributed by atoms with Crippen molar-refractivity contribution in [1.82, 2.24) is 15.1 Å². The number of carboxylic acid groups (broad SMARTS) is 1. The van der Waals surface area contributed by atoms with Gasteiger partial charge in [0.2, 0.25) is 0 Å². The summed E-state index contributed by atoms with van der Waals surface area (Å²) < 4.78 is 14.6. The monoisotopic (exact) mass is 311 g/mol. The summed E-state index contributed by atoms with van der Waals surface area (Å²) in [7, 11) is 0. The first-order valence-corrected chi connectivity index (χ1v) is 7.59. The van der Waals surface area contributed by atoms with Crippen LogP contribution in [0.2, 0.25) is 0 Å². The Morgan fingerprint density at radius 2 is 2.29 bits per heavy atom. The molecule has 114 valence electrons. The van der Waals surface area contributed by atoms with E-state index < -0.39 is 5.97 Å². The number of halogens is 1. The van der Waals surface area contributed by atoms with Gasteiger partial charge in [-0.15, -0.1) is 11.3 Å². The standard InChI is InChI=1S/C14H18FN3O2S/c1-3-9(2)18-10(6-12(17-18)14(19)20)7-16-8-11-4-5-13(15)21-11/h4-6,9,16H,3,7-8H2,1-2H3,(H,19,20)/t9-/m0/s1. The van der Waals surface area contributed by atoms with Crippen molar-refractivity contribution in [2.45, 2.75) is 39.4 Å². The van der Waals surface area contributed by atoms with Gasteiger partial charge in [0.25, 0.3) is 0 Å². The van der Waals surface area contributed by atoms with E-state index in [-0.39, 0.29) is 16.9 Å². The first kappa shape index (κ1) is 15.7. The summed E-state index contributed by atoms with van der Waals surface area (Å²) in [4.78, 5) is 11.9. The molecule has 2 aromatic rings. The minimum absolute atomic E-state index is 0.0502. The van der Waals surface area contributed by atoms with Crippen molar-refractivity contribution in [3.8, 4) is 0 Å². The molecule has 2 rings (SSSR count). The van der Waals surface area contributed by atoms with Gasteiger partial charge in [0.15, 0.2) is 10.8 Å². The van der Waals surface area contributed by atoms with Gasteiger partial charge in [-0.1, -0.05) is 6.92 Å². The van der Waals surface area contributed by atoms with Gasteiger partial charge in [-0.05, 0) is 31.5 Å². The van der Waals surface area contributed by atoms with Gasteiger partial charge in [-0.25, -0.2) is 4.79 Å². The second-order valence-electron chi connectivity index (χ2n) is 4.84. The molecule has 0 saturated carbocycles. The highest BCUT2D eigenvalue weighted by Gasteiger charge is 2.16. The Kier molecular flexibility index (Phi) is 5.08. The van der Waals surface area contributed by atoms with Gasteiger partial charge in [-0.2, -0.15) is 9.49 Å². The molecule has 0 amide bonds. The zero-order valence-corrected chi connectivity index (χ0v) is 12.8. The maximum atomic E-state index is 12.9. The minimum Gasteiger partial charge on any atom is -0.476 e. The Hall–Kier alpha value is -1.73. The number of rotatable bonds is 7. The zero-order chi connectivity index (χ0) is 15.4. The summed E-state index contributed by atoms with van der Waals surface area (Å²) in [5, 5.41) is 16.2. The third-order valence-electron chi connectivity index (χ3n) is 3.27. The Morgan fingerprint density at radius 1 is 1.52 bits per heavy atom. The van der Waals surface area contributed by atoms with E-state index in [1.807, 2.05) is 13.8 Å². The van der Waals surface area contributed by atoms with Crippen LogP contribution in [-0.2, 0) is 13.1 Å². The van der Waals surface area contributed by atoms with E-state index >= 15 is 0 Å². The first-order chi connectivity index (χ1) is 10.0. The Labute approximate surface area is 126 Å². The third-order valence-corrected chi connectivity index (χ3v) is 4.15. The molecule has 0 bridgehead atoms. The zero-order valence-electron chi connectivity index (χ0n) is 12.0. The molecule has 2 aromatic heterocycles. The number of hydrogen-bond acceptors (Lipinski definition) is 4. The number of thiophene rings is 1. The predicted octanol–water partition coefficient (Wildman–Crippen LogP) is 3.04. The lowest BCUT2D eigenvalue weighted by molar-refractivity contribution is 0.0689. The second-order valence-corrected chi connectivity index (χ2v) is 5.96. The van der Waals surface area contributed by atoms with Gasteiger partial charge in [-0.3, -0.25) is 4.68 Å². The topological polar surface area (TPSA) is 67.2 Å².